The second-order valence-corrected chi connectivity index (χ2v) is 5.28. The lowest BCUT2D eigenvalue weighted by Crippen LogP contribution is -2.76. The van der Waals surface area contributed by atoms with Crippen LogP contribution in [0.1, 0.15) is 27.7 Å². The predicted octanol–water partition coefficient (Wildman–Crippen LogP) is 0.677. The van der Waals surface area contributed by atoms with Crippen LogP contribution < -0.4 is 16.4 Å². The van der Waals surface area contributed by atoms with Crippen molar-refractivity contribution in [2.75, 3.05) is 7.05 Å². The van der Waals surface area contributed by atoms with Crippen LogP contribution in [0.15, 0.2) is 0 Å². The third-order valence-electron chi connectivity index (χ3n) is 3.59. The minimum absolute atomic E-state index is 0.0317. The first-order valence-electron chi connectivity index (χ1n) is 4.98. The number of amides is 2. The van der Waals surface area contributed by atoms with E-state index in [1.54, 1.807) is 7.05 Å². The van der Waals surface area contributed by atoms with Gasteiger partial charge >= 0.3 is 6.03 Å². The second-order valence-electron chi connectivity index (χ2n) is 5.28. The normalized spacial score (nSPS) is 33.0. The predicted molar refractivity (Wildman–Crippen MR) is 56.9 cm³/mol. The van der Waals surface area contributed by atoms with Crippen molar-refractivity contribution in [3.8, 4) is 0 Å². The second kappa shape index (κ2) is 3.12. The Morgan fingerprint density at radius 1 is 1.21 bits per heavy atom. The van der Waals surface area contributed by atoms with Gasteiger partial charge in [0, 0.05) is 30.0 Å². The van der Waals surface area contributed by atoms with Crippen molar-refractivity contribution < 1.29 is 4.79 Å². The van der Waals surface area contributed by atoms with E-state index in [1.807, 2.05) is 0 Å². The van der Waals surface area contributed by atoms with Gasteiger partial charge in [-0.2, -0.15) is 0 Å². The molecule has 0 atom stereocenters. The molecule has 2 amide bonds. The Balaban J connectivity index is 2.73. The maximum Gasteiger partial charge on any atom is 0.314 e. The molecule has 1 aliphatic carbocycles. The van der Waals surface area contributed by atoms with Gasteiger partial charge in [0.2, 0.25) is 0 Å². The van der Waals surface area contributed by atoms with E-state index >= 15 is 0 Å². The quantitative estimate of drug-likeness (QED) is 0.581. The van der Waals surface area contributed by atoms with E-state index in [2.05, 4.69) is 38.3 Å². The standard InChI is InChI=1S/C10H21N3O/c1-9(2)6(11)10(3,4)7(9)13-8(14)12-5/h6-7H,11H2,1-5H3,(H2,12,13,14). The lowest BCUT2D eigenvalue weighted by molar-refractivity contribution is -0.0644. The Morgan fingerprint density at radius 3 is 2.00 bits per heavy atom. The van der Waals surface area contributed by atoms with Crippen LogP contribution in [0.3, 0.4) is 0 Å². The van der Waals surface area contributed by atoms with Crippen molar-refractivity contribution in [1.29, 1.82) is 0 Å². The molecule has 4 heteroatoms. The molecule has 0 aromatic heterocycles. The fraction of sp³-hybridized carbons (Fsp3) is 0.900. The lowest BCUT2D eigenvalue weighted by atomic mass is 9.48. The topological polar surface area (TPSA) is 67.2 Å². The summed E-state index contributed by atoms with van der Waals surface area (Å²) in [6.45, 7) is 8.35. The maximum atomic E-state index is 11.2. The molecule has 0 aromatic rings. The number of hydrogen-bond acceptors (Lipinski definition) is 2. The molecule has 1 fully saturated rings. The van der Waals surface area contributed by atoms with Crippen molar-refractivity contribution in [1.82, 2.24) is 10.6 Å². The molecule has 1 saturated carbocycles. The van der Waals surface area contributed by atoms with Gasteiger partial charge in [-0.05, 0) is 0 Å². The summed E-state index contributed by atoms with van der Waals surface area (Å²) >= 11 is 0. The molecule has 0 unspecified atom stereocenters. The molecule has 0 aliphatic heterocycles. The molecule has 4 nitrogen and oxygen atoms in total. The van der Waals surface area contributed by atoms with E-state index in [0.717, 1.165) is 0 Å². The van der Waals surface area contributed by atoms with Crippen molar-refractivity contribution >= 4 is 6.03 Å². The average Bonchev–Trinajstić information content (AvgIpc) is 2.11. The summed E-state index contributed by atoms with van der Waals surface area (Å²) in [6.07, 6.45) is 0. The largest absolute Gasteiger partial charge is 0.341 e. The van der Waals surface area contributed by atoms with Crippen LogP contribution in [0.25, 0.3) is 0 Å². The van der Waals surface area contributed by atoms with Crippen molar-refractivity contribution in [2.24, 2.45) is 16.6 Å². The Morgan fingerprint density at radius 2 is 1.64 bits per heavy atom. The van der Waals surface area contributed by atoms with Gasteiger partial charge in [0.1, 0.15) is 0 Å². The van der Waals surface area contributed by atoms with Gasteiger partial charge in [0.25, 0.3) is 0 Å². The molecule has 0 saturated heterocycles. The van der Waals surface area contributed by atoms with Crippen LogP contribution in [-0.4, -0.2) is 25.2 Å². The Hall–Kier alpha value is -0.770. The summed E-state index contributed by atoms with van der Waals surface area (Å²) in [5, 5.41) is 5.51. The van der Waals surface area contributed by atoms with Gasteiger partial charge < -0.3 is 16.4 Å². The first-order chi connectivity index (χ1) is 6.24. The van der Waals surface area contributed by atoms with Crippen LogP contribution in [0, 0.1) is 10.8 Å². The highest BCUT2D eigenvalue weighted by molar-refractivity contribution is 5.74. The summed E-state index contributed by atoms with van der Waals surface area (Å²) < 4.78 is 0. The van der Waals surface area contributed by atoms with Gasteiger partial charge in [-0.15, -0.1) is 0 Å². The van der Waals surface area contributed by atoms with Crippen molar-refractivity contribution in [3.05, 3.63) is 0 Å². The highest BCUT2D eigenvalue weighted by Gasteiger charge is 2.60. The zero-order chi connectivity index (χ0) is 11.1. The van der Waals surface area contributed by atoms with Crippen LogP contribution >= 0.6 is 0 Å². The average molecular weight is 199 g/mol. The van der Waals surface area contributed by atoms with Gasteiger partial charge in [-0.25, -0.2) is 4.79 Å². The van der Waals surface area contributed by atoms with Gasteiger partial charge in [0.05, 0.1) is 0 Å². The lowest BCUT2D eigenvalue weighted by Gasteiger charge is -2.62. The number of urea groups is 1. The monoisotopic (exact) mass is 199 g/mol. The minimum Gasteiger partial charge on any atom is -0.341 e. The van der Waals surface area contributed by atoms with Crippen LogP contribution in [-0.2, 0) is 0 Å². The molecule has 4 N–H and O–H groups in total. The summed E-state index contributed by atoms with van der Waals surface area (Å²) in [6, 6.07) is 0.116. The summed E-state index contributed by atoms with van der Waals surface area (Å²) in [5.74, 6) is 0. The molecule has 0 spiro atoms. The van der Waals surface area contributed by atoms with Crippen molar-refractivity contribution in [2.45, 2.75) is 39.8 Å². The third-order valence-corrected chi connectivity index (χ3v) is 3.59. The number of nitrogens with two attached hydrogens (primary N) is 1. The SMILES string of the molecule is CNC(=O)NC1C(C)(C)C(N)C1(C)C. The van der Waals surface area contributed by atoms with E-state index in [1.165, 1.54) is 0 Å². The molecule has 82 valence electrons. The highest BCUT2D eigenvalue weighted by atomic mass is 16.2. The Kier molecular flexibility index (Phi) is 2.52. The van der Waals surface area contributed by atoms with Crippen LogP contribution in [0.5, 0.6) is 0 Å². The number of carbonyl (C=O) groups is 1. The minimum atomic E-state index is -0.136. The number of nitrogens with one attached hydrogen (secondary N) is 2. The van der Waals surface area contributed by atoms with Gasteiger partial charge in [-0.1, -0.05) is 27.7 Å². The van der Waals surface area contributed by atoms with E-state index < -0.39 is 0 Å². The molecule has 0 heterocycles. The molecular formula is C10H21N3O. The first kappa shape index (κ1) is 11.3. The Labute approximate surface area is 85.6 Å². The number of rotatable bonds is 1. The molecular weight excluding hydrogens is 178 g/mol. The maximum absolute atomic E-state index is 11.2. The third kappa shape index (κ3) is 1.38. The van der Waals surface area contributed by atoms with E-state index in [4.69, 9.17) is 5.73 Å². The molecule has 0 bridgehead atoms. The zero-order valence-electron chi connectivity index (χ0n) is 9.64. The van der Waals surface area contributed by atoms with Gasteiger partial charge in [-0.3, -0.25) is 0 Å². The summed E-state index contributed by atoms with van der Waals surface area (Å²) in [5.41, 5.74) is 6.01. The molecule has 0 aromatic carbocycles. The molecule has 14 heavy (non-hydrogen) atoms. The fourth-order valence-corrected chi connectivity index (χ4v) is 2.76. The first-order valence-corrected chi connectivity index (χ1v) is 4.98. The molecule has 1 aliphatic rings. The fourth-order valence-electron chi connectivity index (χ4n) is 2.76. The summed E-state index contributed by atoms with van der Waals surface area (Å²) in [4.78, 5) is 11.2. The summed E-state index contributed by atoms with van der Waals surface area (Å²) in [7, 11) is 1.62. The number of hydrogen-bond donors (Lipinski definition) is 3. The smallest absolute Gasteiger partial charge is 0.314 e. The van der Waals surface area contributed by atoms with E-state index in [-0.39, 0.29) is 28.9 Å². The number of carbonyl (C=O) groups excluding carboxylic acids is 1. The van der Waals surface area contributed by atoms with Crippen LogP contribution in [0.2, 0.25) is 0 Å². The van der Waals surface area contributed by atoms with Crippen LogP contribution in [0.4, 0.5) is 4.79 Å². The zero-order valence-corrected chi connectivity index (χ0v) is 9.64. The molecule has 0 radical (unpaired) electrons. The van der Waals surface area contributed by atoms with E-state index in [0.29, 0.717) is 0 Å². The molecule has 1 rings (SSSR count). The van der Waals surface area contributed by atoms with Crippen molar-refractivity contribution in [3.63, 3.8) is 0 Å². The highest BCUT2D eigenvalue weighted by Crippen LogP contribution is 2.52. The van der Waals surface area contributed by atoms with E-state index in [9.17, 15) is 4.79 Å². The van der Waals surface area contributed by atoms with Gasteiger partial charge in [0.15, 0.2) is 0 Å². The Bertz CT molecular complexity index is 232.